The van der Waals surface area contributed by atoms with Crippen molar-refractivity contribution in [1.29, 1.82) is 0 Å². The van der Waals surface area contributed by atoms with Crippen LogP contribution in [-0.4, -0.2) is 48.6 Å². The molecule has 0 aromatic heterocycles. The zero-order valence-corrected chi connectivity index (χ0v) is 12.0. The maximum atomic E-state index is 12.3. The Morgan fingerprint density at radius 1 is 1.22 bits per heavy atom. The molecule has 7 heteroatoms. The van der Waals surface area contributed by atoms with E-state index in [-0.39, 0.29) is 17.7 Å². The fraction of sp³-hybridized carbons (Fsp3) is 0.909. The van der Waals surface area contributed by atoms with Gasteiger partial charge in [-0.3, -0.25) is 4.79 Å². The second kappa shape index (κ2) is 5.79. The number of sulfonamides is 1. The number of nitrogens with zero attached hydrogens (tertiary/aromatic N) is 1. The number of nitrogens with two attached hydrogens (primary N) is 1. The number of amides is 1. The Labute approximate surface area is 113 Å². The van der Waals surface area contributed by atoms with Crippen molar-refractivity contribution < 1.29 is 13.2 Å². The normalized spacial score (nSPS) is 30.2. The van der Waals surface area contributed by atoms with Crippen molar-refractivity contribution in [2.24, 2.45) is 5.14 Å². The Hall–Kier alpha value is -0.270. The number of piperidine rings is 1. The standard InChI is InChI=1S/C11H20N2O3S2/c12-18(15,16)9-4-3-6-13(8-9)11(14)10-5-1-2-7-17-10/h9-10H,1-8H2,(H2,12,15,16). The molecule has 2 atom stereocenters. The summed E-state index contributed by atoms with van der Waals surface area (Å²) in [5.41, 5.74) is 0. The van der Waals surface area contributed by atoms with Crippen LogP contribution in [0.15, 0.2) is 0 Å². The van der Waals surface area contributed by atoms with Crippen LogP contribution < -0.4 is 5.14 Å². The fourth-order valence-corrected chi connectivity index (χ4v) is 4.71. The van der Waals surface area contributed by atoms with Crippen LogP contribution in [0.3, 0.4) is 0 Å². The van der Waals surface area contributed by atoms with Gasteiger partial charge in [0.1, 0.15) is 0 Å². The summed E-state index contributed by atoms with van der Waals surface area (Å²) < 4.78 is 22.7. The highest BCUT2D eigenvalue weighted by Gasteiger charge is 2.33. The Balaban J connectivity index is 1.97. The zero-order chi connectivity index (χ0) is 13.2. The summed E-state index contributed by atoms with van der Waals surface area (Å²) in [5, 5.41) is 4.63. The van der Waals surface area contributed by atoms with Crippen LogP contribution in [-0.2, 0) is 14.8 Å². The van der Waals surface area contributed by atoms with Crippen LogP contribution in [0.4, 0.5) is 0 Å². The van der Waals surface area contributed by atoms with Crippen molar-refractivity contribution in [3.63, 3.8) is 0 Å². The van der Waals surface area contributed by atoms with Crippen LogP contribution in [0.1, 0.15) is 32.1 Å². The van der Waals surface area contributed by atoms with Crippen molar-refractivity contribution in [2.45, 2.75) is 42.6 Å². The van der Waals surface area contributed by atoms with Gasteiger partial charge < -0.3 is 4.90 Å². The van der Waals surface area contributed by atoms with E-state index in [0.29, 0.717) is 13.0 Å². The molecule has 0 aliphatic carbocycles. The van der Waals surface area contributed by atoms with Gasteiger partial charge >= 0.3 is 0 Å². The van der Waals surface area contributed by atoms with Gasteiger partial charge in [-0.1, -0.05) is 6.42 Å². The quantitative estimate of drug-likeness (QED) is 0.806. The van der Waals surface area contributed by atoms with E-state index in [1.54, 1.807) is 16.7 Å². The third kappa shape index (κ3) is 3.39. The summed E-state index contributed by atoms with van der Waals surface area (Å²) in [6, 6.07) is 0. The van der Waals surface area contributed by atoms with E-state index in [4.69, 9.17) is 5.14 Å². The van der Waals surface area contributed by atoms with Crippen molar-refractivity contribution in [2.75, 3.05) is 18.8 Å². The highest BCUT2D eigenvalue weighted by atomic mass is 32.2. The van der Waals surface area contributed by atoms with Gasteiger partial charge in [-0.2, -0.15) is 0 Å². The first-order valence-electron chi connectivity index (χ1n) is 6.40. The highest BCUT2D eigenvalue weighted by Crippen LogP contribution is 2.28. The maximum Gasteiger partial charge on any atom is 0.235 e. The lowest BCUT2D eigenvalue weighted by Gasteiger charge is -2.34. The number of primary sulfonamides is 1. The van der Waals surface area contributed by atoms with Crippen LogP contribution in [0.5, 0.6) is 0 Å². The molecular formula is C11H20N2O3S2. The average Bonchev–Trinajstić information content (AvgIpc) is 2.38. The molecule has 2 rings (SSSR count). The van der Waals surface area contributed by atoms with Gasteiger partial charge in [0.2, 0.25) is 15.9 Å². The molecule has 0 spiro atoms. The molecule has 18 heavy (non-hydrogen) atoms. The molecule has 0 aromatic carbocycles. The summed E-state index contributed by atoms with van der Waals surface area (Å²) in [6.45, 7) is 0.941. The molecule has 5 nitrogen and oxygen atoms in total. The van der Waals surface area contributed by atoms with E-state index in [2.05, 4.69) is 0 Å². The first-order valence-corrected chi connectivity index (χ1v) is 9.06. The Morgan fingerprint density at radius 2 is 2.00 bits per heavy atom. The lowest BCUT2D eigenvalue weighted by molar-refractivity contribution is -0.131. The summed E-state index contributed by atoms with van der Waals surface area (Å²) in [4.78, 5) is 14.0. The van der Waals surface area contributed by atoms with Crippen molar-refractivity contribution in [1.82, 2.24) is 4.90 Å². The van der Waals surface area contributed by atoms with E-state index >= 15 is 0 Å². The van der Waals surface area contributed by atoms with Crippen LogP contribution in [0.2, 0.25) is 0 Å². The smallest absolute Gasteiger partial charge is 0.235 e. The predicted octanol–water partition coefficient (Wildman–Crippen LogP) is 0.552. The molecule has 2 unspecified atom stereocenters. The summed E-state index contributed by atoms with van der Waals surface area (Å²) >= 11 is 1.70. The topological polar surface area (TPSA) is 80.5 Å². The summed E-state index contributed by atoms with van der Waals surface area (Å²) in [7, 11) is -3.52. The van der Waals surface area contributed by atoms with Crippen LogP contribution in [0, 0.1) is 0 Å². The van der Waals surface area contributed by atoms with Gasteiger partial charge in [0, 0.05) is 13.1 Å². The van der Waals surface area contributed by atoms with E-state index in [1.165, 1.54) is 6.42 Å². The molecule has 1 amide bonds. The maximum absolute atomic E-state index is 12.3. The third-order valence-electron chi connectivity index (χ3n) is 3.61. The summed E-state index contributed by atoms with van der Waals surface area (Å²) in [6.07, 6.45) is 4.48. The Kier molecular flexibility index (Phi) is 4.55. The largest absolute Gasteiger partial charge is 0.340 e. The second-order valence-electron chi connectivity index (χ2n) is 4.99. The number of carbonyl (C=O) groups is 1. The lowest BCUT2D eigenvalue weighted by Crippen LogP contribution is -2.49. The van der Waals surface area contributed by atoms with Gasteiger partial charge in [-0.15, -0.1) is 11.8 Å². The fourth-order valence-electron chi connectivity index (χ4n) is 2.55. The minimum absolute atomic E-state index is 0.0259. The zero-order valence-electron chi connectivity index (χ0n) is 10.4. The minimum atomic E-state index is -3.52. The molecule has 2 N–H and O–H groups in total. The molecule has 2 aliphatic heterocycles. The molecule has 0 aromatic rings. The number of likely N-dealkylation sites (tertiary alicyclic amines) is 1. The van der Waals surface area contributed by atoms with Gasteiger partial charge in [0.25, 0.3) is 0 Å². The second-order valence-corrected chi connectivity index (χ2v) is 8.15. The first kappa shape index (κ1) is 14.1. The van der Waals surface area contributed by atoms with Gasteiger partial charge in [-0.05, 0) is 31.4 Å². The molecule has 0 radical (unpaired) electrons. The monoisotopic (exact) mass is 292 g/mol. The minimum Gasteiger partial charge on any atom is -0.340 e. The molecule has 104 valence electrons. The van der Waals surface area contributed by atoms with Gasteiger partial charge in [0.15, 0.2) is 0 Å². The molecule has 2 heterocycles. The van der Waals surface area contributed by atoms with Gasteiger partial charge in [0.05, 0.1) is 10.5 Å². The molecule has 2 aliphatic rings. The van der Waals surface area contributed by atoms with Crippen LogP contribution in [0.25, 0.3) is 0 Å². The average molecular weight is 292 g/mol. The van der Waals surface area contributed by atoms with Crippen molar-refractivity contribution in [3.05, 3.63) is 0 Å². The molecular weight excluding hydrogens is 272 g/mol. The van der Waals surface area contributed by atoms with Crippen molar-refractivity contribution >= 4 is 27.7 Å². The number of carbonyl (C=O) groups excluding carboxylic acids is 1. The molecule has 0 bridgehead atoms. The number of rotatable bonds is 2. The molecule has 2 fully saturated rings. The Bertz CT molecular complexity index is 405. The van der Waals surface area contributed by atoms with E-state index in [1.807, 2.05) is 0 Å². The molecule has 0 saturated carbocycles. The molecule has 2 saturated heterocycles. The summed E-state index contributed by atoms with van der Waals surface area (Å²) in [5.74, 6) is 1.14. The van der Waals surface area contributed by atoms with Gasteiger partial charge in [-0.25, -0.2) is 13.6 Å². The SMILES string of the molecule is NS(=O)(=O)C1CCCN(C(=O)C2CCCCS2)C1. The number of thioether (sulfide) groups is 1. The number of hydrogen-bond acceptors (Lipinski definition) is 4. The predicted molar refractivity (Wildman–Crippen MR) is 72.8 cm³/mol. The van der Waals surface area contributed by atoms with Crippen LogP contribution >= 0.6 is 11.8 Å². The van der Waals surface area contributed by atoms with Crippen molar-refractivity contribution in [3.8, 4) is 0 Å². The lowest BCUT2D eigenvalue weighted by atomic mass is 10.1. The highest BCUT2D eigenvalue weighted by molar-refractivity contribution is 8.00. The first-order chi connectivity index (χ1) is 8.48. The van der Waals surface area contributed by atoms with E-state index < -0.39 is 15.3 Å². The van der Waals surface area contributed by atoms with E-state index in [9.17, 15) is 13.2 Å². The third-order valence-corrected chi connectivity index (χ3v) is 6.29. The number of hydrogen-bond donors (Lipinski definition) is 1. The van der Waals surface area contributed by atoms with E-state index in [0.717, 1.165) is 25.0 Å². The Morgan fingerprint density at radius 3 is 2.61 bits per heavy atom.